The number of carbonyl (C=O) groups is 2. The minimum absolute atomic E-state index is 0.0837. The lowest BCUT2D eigenvalue weighted by Crippen LogP contribution is -2.39. The Labute approximate surface area is 127 Å². The number of carbonyl (C=O) groups excluding carboxylic acids is 2. The summed E-state index contributed by atoms with van der Waals surface area (Å²) < 4.78 is 4.75. The van der Waals surface area contributed by atoms with E-state index in [1.54, 1.807) is 24.2 Å². The first-order valence-electron chi connectivity index (χ1n) is 7.09. The van der Waals surface area contributed by atoms with Gasteiger partial charge in [-0.3, -0.25) is 19.9 Å². The van der Waals surface area contributed by atoms with Gasteiger partial charge in [0.05, 0.1) is 6.04 Å². The third kappa shape index (κ3) is 2.69. The summed E-state index contributed by atoms with van der Waals surface area (Å²) in [4.78, 5) is 30.1. The number of aromatic nitrogens is 2. The molecule has 1 N–H and O–H groups in total. The number of hydrogen-bond donors (Lipinski definition) is 1. The van der Waals surface area contributed by atoms with Crippen LogP contribution in [-0.4, -0.2) is 33.4 Å². The predicted molar refractivity (Wildman–Crippen MR) is 77.8 cm³/mol. The van der Waals surface area contributed by atoms with Crippen LogP contribution in [0.2, 0.25) is 0 Å². The lowest BCUT2D eigenvalue weighted by atomic mass is 10.1. The van der Waals surface area contributed by atoms with Crippen molar-refractivity contribution >= 4 is 17.6 Å². The fourth-order valence-corrected chi connectivity index (χ4v) is 2.64. The van der Waals surface area contributed by atoms with Gasteiger partial charge in [-0.1, -0.05) is 5.16 Å². The van der Waals surface area contributed by atoms with E-state index in [1.807, 2.05) is 12.1 Å². The smallest absolute Gasteiger partial charge is 0.315 e. The molecule has 1 unspecified atom stereocenters. The van der Waals surface area contributed by atoms with Gasteiger partial charge in [0.1, 0.15) is 6.26 Å². The van der Waals surface area contributed by atoms with Gasteiger partial charge in [-0.2, -0.15) is 0 Å². The zero-order chi connectivity index (χ0) is 15.5. The fourth-order valence-electron chi connectivity index (χ4n) is 2.64. The van der Waals surface area contributed by atoms with Crippen LogP contribution in [0, 0.1) is 6.92 Å². The fraction of sp³-hybridized carbons (Fsp3) is 0.333. The molecular formula is C15H16N4O3. The molecule has 1 aliphatic rings. The third-order valence-electron chi connectivity index (χ3n) is 3.78. The van der Waals surface area contributed by atoms with Crippen LogP contribution in [0.25, 0.3) is 0 Å². The second-order valence-corrected chi connectivity index (χ2v) is 5.24. The van der Waals surface area contributed by atoms with E-state index in [0.29, 0.717) is 12.1 Å². The van der Waals surface area contributed by atoms with E-state index in [9.17, 15) is 9.59 Å². The Morgan fingerprint density at radius 2 is 2.14 bits per heavy atom. The van der Waals surface area contributed by atoms with Crippen LogP contribution in [0.15, 0.2) is 35.3 Å². The molecule has 2 aromatic rings. The molecule has 0 spiro atoms. The van der Waals surface area contributed by atoms with Crippen LogP contribution in [0.4, 0.5) is 5.82 Å². The molecular weight excluding hydrogens is 284 g/mol. The summed E-state index contributed by atoms with van der Waals surface area (Å²) in [7, 11) is 0. The Morgan fingerprint density at radius 1 is 1.36 bits per heavy atom. The summed E-state index contributed by atoms with van der Waals surface area (Å²) in [5.41, 5.74) is 1.67. The minimum atomic E-state index is -0.696. The van der Waals surface area contributed by atoms with Crippen molar-refractivity contribution in [1.82, 2.24) is 15.0 Å². The van der Waals surface area contributed by atoms with Crippen molar-refractivity contribution in [1.29, 1.82) is 0 Å². The van der Waals surface area contributed by atoms with E-state index < -0.39 is 11.8 Å². The lowest BCUT2D eigenvalue weighted by molar-refractivity contribution is -0.143. The van der Waals surface area contributed by atoms with Crippen molar-refractivity contribution in [2.45, 2.75) is 25.8 Å². The van der Waals surface area contributed by atoms with E-state index in [0.717, 1.165) is 18.4 Å². The van der Waals surface area contributed by atoms with Crippen LogP contribution in [-0.2, 0) is 9.59 Å². The molecule has 0 radical (unpaired) electrons. The first kappa shape index (κ1) is 14.2. The zero-order valence-electron chi connectivity index (χ0n) is 12.2. The number of aryl methyl sites for hydroxylation is 1. The van der Waals surface area contributed by atoms with Crippen molar-refractivity contribution in [2.24, 2.45) is 0 Å². The summed E-state index contributed by atoms with van der Waals surface area (Å²) in [6.07, 6.45) is 6.50. The van der Waals surface area contributed by atoms with Crippen LogP contribution >= 0.6 is 0 Å². The highest BCUT2D eigenvalue weighted by molar-refractivity contribution is 6.39. The van der Waals surface area contributed by atoms with Gasteiger partial charge in [0.15, 0.2) is 5.82 Å². The number of anilines is 1. The molecule has 3 rings (SSSR count). The molecule has 22 heavy (non-hydrogen) atoms. The average molecular weight is 300 g/mol. The van der Waals surface area contributed by atoms with Crippen molar-refractivity contribution < 1.29 is 14.1 Å². The highest BCUT2D eigenvalue weighted by Crippen LogP contribution is 2.31. The normalized spacial score (nSPS) is 17.5. The maximum absolute atomic E-state index is 12.4. The first-order chi connectivity index (χ1) is 10.7. The Bertz CT molecular complexity index is 683. The van der Waals surface area contributed by atoms with E-state index in [2.05, 4.69) is 15.5 Å². The Hall–Kier alpha value is -2.70. The van der Waals surface area contributed by atoms with Gasteiger partial charge in [0.2, 0.25) is 0 Å². The Morgan fingerprint density at radius 3 is 2.82 bits per heavy atom. The van der Waals surface area contributed by atoms with Gasteiger partial charge in [-0.15, -0.1) is 0 Å². The van der Waals surface area contributed by atoms with Crippen LogP contribution in [0.1, 0.15) is 30.0 Å². The number of nitrogens with zero attached hydrogens (tertiary/aromatic N) is 3. The minimum Gasteiger partial charge on any atom is -0.362 e. The number of amides is 2. The predicted octanol–water partition coefficient (Wildman–Crippen LogP) is 1.68. The molecule has 1 saturated heterocycles. The average Bonchev–Trinajstić information content (AvgIpc) is 3.17. The van der Waals surface area contributed by atoms with Gasteiger partial charge in [-0.05, 0) is 37.5 Å². The SMILES string of the molecule is Cc1conc1NC(=O)C(=O)N1CCCC1c1ccncc1. The van der Waals surface area contributed by atoms with Gasteiger partial charge in [0, 0.05) is 24.5 Å². The first-order valence-corrected chi connectivity index (χ1v) is 7.09. The quantitative estimate of drug-likeness (QED) is 0.852. The molecule has 1 fully saturated rings. The van der Waals surface area contributed by atoms with Crippen molar-refractivity contribution in [2.75, 3.05) is 11.9 Å². The maximum atomic E-state index is 12.4. The van der Waals surface area contributed by atoms with Crippen LogP contribution in [0.3, 0.4) is 0 Å². The molecule has 3 heterocycles. The number of pyridine rings is 1. The van der Waals surface area contributed by atoms with Crippen molar-refractivity contribution in [3.8, 4) is 0 Å². The zero-order valence-corrected chi connectivity index (χ0v) is 12.2. The largest absolute Gasteiger partial charge is 0.362 e. The molecule has 7 heteroatoms. The summed E-state index contributed by atoms with van der Waals surface area (Å²) in [6.45, 7) is 2.31. The van der Waals surface area contributed by atoms with Gasteiger partial charge in [-0.25, -0.2) is 0 Å². The van der Waals surface area contributed by atoms with Gasteiger partial charge < -0.3 is 9.42 Å². The number of likely N-dealkylation sites (tertiary alicyclic amines) is 1. The van der Waals surface area contributed by atoms with E-state index in [4.69, 9.17) is 4.52 Å². The maximum Gasteiger partial charge on any atom is 0.315 e. The van der Waals surface area contributed by atoms with Gasteiger partial charge in [0.25, 0.3) is 0 Å². The lowest BCUT2D eigenvalue weighted by Gasteiger charge is -2.24. The van der Waals surface area contributed by atoms with Crippen molar-refractivity contribution in [3.63, 3.8) is 0 Å². The van der Waals surface area contributed by atoms with Gasteiger partial charge >= 0.3 is 11.8 Å². The second kappa shape index (κ2) is 5.97. The van der Waals surface area contributed by atoms with Crippen molar-refractivity contribution in [3.05, 3.63) is 41.9 Å². The van der Waals surface area contributed by atoms with E-state index >= 15 is 0 Å². The number of nitrogens with one attached hydrogen (secondary N) is 1. The molecule has 1 aliphatic heterocycles. The second-order valence-electron chi connectivity index (χ2n) is 5.24. The topological polar surface area (TPSA) is 88.3 Å². The highest BCUT2D eigenvalue weighted by atomic mass is 16.5. The number of rotatable bonds is 2. The summed E-state index contributed by atoms with van der Waals surface area (Å²) in [6, 6.07) is 3.66. The van der Waals surface area contributed by atoms with Crippen LogP contribution in [0.5, 0.6) is 0 Å². The Kier molecular flexibility index (Phi) is 3.86. The molecule has 1 atom stereocenters. The number of hydrogen-bond acceptors (Lipinski definition) is 5. The molecule has 0 bridgehead atoms. The Balaban J connectivity index is 1.73. The van der Waals surface area contributed by atoms with Crippen LogP contribution < -0.4 is 5.32 Å². The third-order valence-corrected chi connectivity index (χ3v) is 3.78. The summed E-state index contributed by atoms with van der Waals surface area (Å²) in [5, 5.41) is 6.15. The molecule has 0 aromatic carbocycles. The molecule has 0 aliphatic carbocycles. The molecule has 114 valence electrons. The molecule has 0 saturated carbocycles. The summed E-state index contributed by atoms with van der Waals surface area (Å²) in [5.74, 6) is -0.974. The standard InChI is InChI=1S/C15H16N4O3/c1-10-9-22-18-13(10)17-14(20)15(21)19-8-2-3-12(19)11-4-6-16-7-5-11/h4-7,9,12H,2-3,8H2,1H3,(H,17,18,20). The molecule has 7 nitrogen and oxygen atoms in total. The molecule has 2 aromatic heterocycles. The summed E-state index contributed by atoms with van der Waals surface area (Å²) >= 11 is 0. The molecule has 2 amide bonds. The van der Waals surface area contributed by atoms with E-state index in [1.165, 1.54) is 6.26 Å². The van der Waals surface area contributed by atoms with E-state index in [-0.39, 0.29) is 11.9 Å². The highest BCUT2D eigenvalue weighted by Gasteiger charge is 2.33. The monoisotopic (exact) mass is 300 g/mol.